The van der Waals surface area contributed by atoms with E-state index in [1.54, 1.807) is 6.07 Å². The zero-order valence-corrected chi connectivity index (χ0v) is 8.48. The first kappa shape index (κ1) is 9.78. The molecule has 1 radical (unpaired) electrons. The van der Waals surface area contributed by atoms with Gasteiger partial charge in [0.2, 0.25) is 0 Å². The van der Waals surface area contributed by atoms with Crippen LogP contribution in [0.1, 0.15) is 5.56 Å². The summed E-state index contributed by atoms with van der Waals surface area (Å²) in [6.45, 7) is 3.85. The molecule has 0 fully saturated rings. The van der Waals surface area contributed by atoms with E-state index in [4.69, 9.17) is 0 Å². The molecule has 0 heterocycles. The molecule has 0 spiro atoms. The highest BCUT2D eigenvalue weighted by Gasteiger charge is 2.02. The van der Waals surface area contributed by atoms with Gasteiger partial charge in [-0.1, -0.05) is 42.5 Å². The fourth-order valence-corrected chi connectivity index (χ4v) is 1.61. The maximum Gasteiger partial charge on any atom is 0.123 e. The Balaban J connectivity index is 2.49. The number of phenols is 1. The molecule has 1 N–H and O–H groups in total. The van der Waals surface area contributed by atoms with Crippen molar-refractivity contribution in [2.75, 3.05) is 0 Å². The average Bonchev–Trinajstić information content (AvgIpc) is 2.30. The third kappa shape index (κ3) is 2.01. The molecular formula is C14H13O. The predicted octanol–water partition coefficient (Wildman–Crippen LogP) is 3.44. The van der Waals surface area contributed by atoms with Crippen LogP contribution in [-0.4, -0.2) is 5.11 Å². The second-order valence-corrected chi connectivity index (χ2v) is 3.47. The topological polar surface area (TPSA) is 20.2 Å². The Morgan fingerprint density at radius 1 is 1.00 bits per heavy atom. The summed E-state index contributed by atoms with van der Waals surface area (Å²) in [5.41, 5.74) is 3.08. The number of aromatic hydroxyl groups is 1. The van der Waals surface area contributed by atoms with Crippen LogP contribution in [0.5, 0.6) is 5.75 Å². The Kier molecular flexibility index (Phi) is 2.72. The first-order chi connectivity index (χ1) is 7.31. The summed E-state index contributed by atoms with van der Waals surface area (Å²) in [6.07, 6.45) is 0.765. The van der Waals surface area contributed by atoms with Crippen LogP contribution in [0.25, 0.3) is 11.1 Å². The summed E-state index contributed by atoms with van der Waals surface area (Å²) in [5.74, 6) is 0.318. The zero-order valence-electron chi connectivity index (χ0n) is 8.48. The lowest BCUT2D eigenvalue weighted by molar-refractivity contribution is 0.477. The van der Waals surface area contributed by atoms with Gasteiger partial charge in [0.1, 0.15) is 5.75 Å². The van der Waals surface area contributed by atoms with Gasteiger partial charge in [0.25, 0.3) is 0 Å². The predicted molar refractivity (Wildman–Crippen MR) is 62.6 cm³/mol. The van der Waals surface area contributed by atoms with E-state index < -0.39 is 0 Å². The van der Waals surface area contributed by atoms with Crippen molar-refractivity contribution < 1.29 is 5.11 Å². The normalized spacial score (nSPS) is 10.2. The van der Waals surface area contributed by atoms with Crippen molar-refractivity contribution in [3.63, 3.8) is 0 Å². The van der Waals surface area contributed by atoms with Gasteiger partial charge >= 0.3 is 0 Å². The molecule has 0 aliphatic rings. The Hall–Kier alpha value is -1.76. The quantitative estimate of drug-likeness (QED) is 0.782. The highest BCUT2D eigenvalue weighted by atomic mass is 16.3. The average molecular weight is 197 g/mol. The smallest absolute Gasteiger partial charge is 0.123 e. The monoisotopic (exact) mass is 197 g/mol. The first-order valence-corrected chi connectivity index (χ1v) is 4.98. The Bertz CT molecular complexity index is 460. The summed E-state index contributed by atoms with van der Waals surface area (Å²) in [4.78, 5) is 0. The lowest BCUT2D eigenvalue weighted by atomic mass is 10.0. The minimum atomic E-state index is 0.318. The molecule has 2 rings (SSSR count). The van der Waals surface area contributed by atoms with Crippen LogP contribution in [-0.2, 0) is 6.42 Å². The van der Waals surface area contributed by atoms with Crippen molar-refractivity contribution in [2.45, 2.75) is 6.42 Å². The van der Waals surface area contributed by atoms with Crippen molar-refractivity contribution >= 4 is 0 Å². The molecule has 0 atom stereocenters. The number of para-hydroxylation sites is 1. The molecule has 1 heteroatoms. The van der Waals surface area contributed by atoms with E-state index in [9.17, 15) is 5.11 Å². The first-order valence-electron chi connectivity index (χ1n) is 4.98. The van der Waals surface area contributed by atoms with Gasteiger partial charge in [-0.05, 0) is 30.5 Å². The van der Waals surface area contributed by atoms with Gasteiger partial charge in [-0.3, -0.25) is 0 Å². The SMILES string of the molecule is [CH2]Cc1cccc(-c2ccccc2O)c1. The van der Waals surface area contributed by atoms with Crippen LogP contribution in [0.3, 0.4) is 0 Å². The molecule has 0 saturated carbocycles. The van der Waals surface area contributed by atoms with Crippen LogP contribution in [0, 0.1) is 6.92 Å². The Labute approximate surface area is 90.0 Å². The molecule has 1 nitrogen and oxygen atoms in total. The van der Waals surface area contributed by atoms with Crippen molar-refractivity contribution in [1.82, 2.24) is 0 Å². The van der Waals surface area contributed by atoms with Crippen molar-refractivity contribution in [3.05, 3.63) is 61.0 Å². The second kappa shape index (κ2) is 4.18. The number of hydrogen-bond donors (Lipinski definition) is 1. The fraction of sp³-hybridized carbons (Fsp3) is 0.0714. The molecular weight excluding hydrogens is 184 g/mol. The molecule has 2 aromatic carbocycles. The van der Waals surface area contributed by atoms with Crippen LogP contribution in [0.4, 0.5) is 0 Å². The van der Waals surface area contributed by atoms with E-state index in [1.165, 1.54) is 5.56 Å². The lowest BCUT2D eigenvalue weighted by Gasteiger charge is -2.05. The van der Waals surface area contributed by atoms with Gasteiger partial charge in [-0.15, -0.1) is 0 Å². The van der Waals surface area contributed by atoms with E-state index in [2.05, 4.69) is 13.0 Å². The number of rotatable bonds is 2. The molecule has 15 heavy (non-hydrogen) atoms. The molecule has 0 aliphatic heterocycles. The molecule has 0 aromatic heterocycles. The fourth-order valence-electron chi connectivity index (χ4n) is 1.61. The summed E-state index contributed by atoms with van der Waals surface area (Å²) in [6, 6.07) is 15.4. The van der Waals surface area contributed by atoms with Crippen LogP contribution < -0.4 is 0 Å². The van der Waals surface area contributed by atoms with E-state index >= 15 is 0 Å². The van der Waals surface area contributed by atoms with Crippen molar-refractivity contribution in [1.29, 1.82) is 0 Å². The van der Waals surface area contributed by atoms with Crippen LogP contribution >= 0.6 is 0 Å². The van der Waals surface area contributed by atoms with Gasteiger partial charge in [0, 0.05) is 5.56 Å². The largest absolute Gasteiger partial charge is 0.507 e. The third-order valence-electron chi connectivity index (χ3n) is 2.43. The Morgan fingerprint density at radius 2 is 1.80 bits per heavy atom. The third-order valence-corrected chi connectivity index (χ3v) is 2.43. The number of phenolic OH excluding ortho intramolecular Hbond substituents is 1. The van der Waals surface area contributed by atoms with Gasteiger partial charge in [-0.2, -0.15) is 0 Å². The molecule has 0 saturated heterocycles. The van der Waals surface area contributed by atoms with Crippen LogP contribution in [0.2, 0.25) is 0 Å². The summed E-state index contributed by atoms with van der Waals surface area (Å²) in [7, 11) is 0. The standard InChI is InChI=1S/C14H13O/c1-2-11-6-5-7-12(10-11)13-8-3-4-9-14(13)15/h3-10,15H,1-2H2. The maximum atomic E-state index is 9.71. The summed E-state index contributed by atoms with van der Waals surface area (Å²) < 4.78 is 0. The highest BCUT2D eigenvalue weighted by Crippen LogP contribution is 2.28. The molecule has 2 aromatic rings. The van der Waals surface area contributed by atoms with E-state index in [1.807, 2.05) is 36.4 Å². The van der Waals surface area contributed by atoms with Crippen molar-refractivity contribution in [2.24, 2.45) is 0 Å². The van der Waals surface area contributed by atoms with Crippen LogP contribution in [0.15, 0.2) is 48.5 Å². The Morgan fingerprint density at radius 3 is 2.53 bits per heavy atom. The molecule has 0 unspecified atom stereocenters. The van der Waals surface area contributed by atoms with E-state index in [0.29, 0.717) is 5.75 Å². The van der Waals surface area contributed by atoms with Gasteiger partial charge in [0.15, 0.2) is 0 Å². The summed E-state index contributed by atoms with van der Waals surface area (Å²) >= 11 is 0. The van der Waals surface area contributed by atoms with Crippen molar-refractivity contribution in [3.8, 4) is 16.9 Å². The van der Waals surface area contributed by atoms with Gasteiger partial charge < -0.3 is 5.11 Å². The van der Waals surface area contributed by atoms with Gasteiger partial charge in [-0.25, -0.2) is 0 Å². The minimum Gasteiger partial charge on any atom is -0.507 e. The number of benzene rings is 2. The zero-order chi connectivity index (χ0) is 10.7. The lowest BCUT2D eigenvalue weighted by Crippen LogP contribution is -1.83. The second-order valence-electron chi connectivity index (χ2n) is 3.47. The van der Waals surface area contributed by atoms with E-state index in [-0.39, 0.29) is 0 Å². The minimum absolute atomic E-state index is 0.318. The molecule has 75 valence electrons. The molecule has 0 amide bonds. The number of hydrogen-bond acceptors (Lipinski definition) is 1. The van der Waals surface area contributed by atoms with Gasteiger partial charge in [0.05, 0.1) is 0 Å². The molecule has 0 aliphatic carbocycles. The summed E-state index contributed by atoms with van der Waals surface area (Å²) in [5, 5.41) is 9.71. The highest BCUT2D eigenvalue weighted by molar-refractivity contribution is 5.70. The van der Waals surface area contributed by atoms with E-state index in [0.717, 1.165) is 17.5 Å². The molecule has 0 bridgehead atoms. The maximum absolute atomic E-state index is 9.71.